The summed E-state index contributed by atoms with van der Waals surface area (Å²) in [5.41, 5.74) is 2.30. The van der Waals surface area contributed by atoms with Crippen molar-refractivity contribution in [2.24, 2.45) is 0 Å². The summed E-state index contributed by atoms with van der Waals surface area (Å²) in [5.74, 6) is 0.933. The van der Waals surface area contributed by atoms with E-state index in [1.165, 1.54) is 6.07 Å². The molecule has 0 unspecified atom stereocenters. The number of anilines is 1. The number of phenols is 1. The number of rotatable bonds is 5. The van der Waals surface area contributed by atoms with Gasteiger partial charge in [-0.05, 0) is 55.8 Å². The van der Waals surface area contributed by atoms with Gasteiger partial charge in [-0.3, -0.25) is 0 Å². The lowest BCUT2D eigenvalue weighted by Gasteiger charge is -2.11. The molecular weight excluding hydrogens is 306 g/mol. The normalized spacial score (nSPS) is 10.8. The SMILES string of the molecule is CCOc1ccc(NCc2cc(=O)oc3c(C)c(O)ccc23)cc1. The summed E-state index contributed by atoms with van der Waals surface area (Å²) >= 11 is 0. The molecule has 0 aliphatic heterocycles. The zero-order chi connectivity index (χ0) is 17.1. The van der Waals surface area contributed by atoms with Gasteiger partial charge in [0.1, 0.15) is 17.1 Å². The van der Waals surface area contributed by atoms with E-state index in [9.17, 15) is 9.90 Å². The number of phenolic OH excluding ortho intramolecular Hbond substituents is 1. The summed E-state index contributed by atoms with van der Waals surface area (Å²) in [6.07, 6.45) is 0. The quantitative estimate of drug-likeness (QED) is 0.698. The number of hydrogen-bond acceptors (Lipinski definition) is 5. The fourth-order valence-electron chi connectivity index (χ4n) is 2.59. The molecule has 0 amide bonds. The lowest BCUT2D eigenvalue weighted by molar-refractivity contribution is 0.340. The van der Waals surface area contributed by atoms with E-state index in [0.717, 1.165) is 22.4 Å². The van der Waals surface area contributed by atoms with Gasteiger partial charge in [-0.2, -0.15) is 0 Å². The highest BCUT2D eigenvalue weighted by Gasteiger charge is 2.10. The summed E-state index contributed by atoms with van der Waals surface area (Å²) < 4.78 is 10.7. The van der Waals surface area contributed by atoms with E-state index in [1.54, 1.807) is 19.1 Å². The Balaban J connectivity index is 1.87. The molecule has 0 saturated carbocycles. The summed E-state index contributed by atoms with van der Waals surface area (Å²) in [4.78, 5) is 11.8. The minimum atomic E-state index is -0.431. The number of ether oxygens (including phenoxy) is 1. The molecule has 0 atom stereocenters. The molecule has 0 fully saturated rings. The van der Waals surface area contributed by atoms with Gasteiger partial charge in [-0.25, -0.2) is 4.79 Å². The molecule has 0 saturated heterocycles. The molecule has 2 aromatic carbocycles. The standard InChI is InChI=1S/C19H19NO4/c1-3-23-15-6-4-14(5-7-15)20-11-13-10-18(22)24-19-12(2)17(21)9-8-16(13)19/h4-10,20-21H,3,11H2,1-2H3. The van der Waals surface area contributed by atoms with E-state index in [-0.39, 0.29) is 5.75 Å². The molecule has 0 bridgehead atoms. The molecule has 5 nitrogen and oxygen atoms in total. The van der Waals surface area contributed by atoms with E-state index < -0.39 is 5.63 Å². The van der Waals surface area contributed by atoms with Crippen LogP contribution in [0.1, 0.15) is 18.1 Å². The van der Waals surface area contributed by atoms with Crippen molar-refractivity contribution in [1.29, 1.82) is 0 Å². The van der Waals surface area contributed by atoms with Crippen LogP contribution < -0.4 is 15.7 Å². The average molecular weight is 325 g/mol. The summed E-state index contributed by atoms with van der Waals surface area (Å²) in [6, 6.07) is 12.5. The maximum Gasteiger partial charge on any atom is 0.336 e. The molecule has 0 spiro atoms. The van der Waals surface area contributed by atoms with Crippen LogP contribution >= 0.6 is 0 Å². The minimum absolute atomic E-state index is 0.113. The van der Waals surface area contributed by atoms with Crippen molar-refractivity contribution in [3.8, 4) is 11.5 Å². The van der Waals surface area contributed by atoms with Crippen molar-refractivity contribution in [2.45, 2.75) is 20.4 Å². The first kappa shape index (κ1) is 15.9. The molecule has 124 valence electrons. The predicted molar refractivity (Wildman–Crippen MR) is 93.8 cm³/mol. The van der Waals surface area contributed by atoms with Crippen LogP contribution in [0.4, 0.5) is 5.69 Å². The highest BCUT2D eigenvalue weighted by Crippen LogP contribution is 2.27. The first-order valence-corrected chi connectivity index (χ1v) is 7.80. The maximum atomic E-state index is 11.8. The summed E-state index contributed by atoms with van der Waals surface area (Å²) in [6.45, 7) is 4.77. The molecule has 0 aliphatic rings. The van der Waals surface area contributed by atoms with E-state index in [1.807, 2.05) is 31.2 Å². The number of nitrogens with one attached hydrogen (secondary N) is 1. The molecule has 0 aliphatic carbocycles. The Labute approximate surface area is 139 Å². The Hall–Kier alpha value is -2.95. The number of benzene rings is 2. The first-order valence-electron chi connectivity index (χ1n) is 7.80. The lowest BCUT2D eigenvalue weighted by atomic mass is 10.1. The van der Waals surface area contributed by atoms with Crippen molar-refractivity contribution in [3.05, 3.63) is 64.0 Å². The molecular formula is C19H19NO4. The van der Waals surface area contributed by atoms with Gasteiger partial charge in [0.2, 0.25) is 0 Å². The summed E-state index contributed by atoms with van der Waals surface area (Å²) in [7, 11) is 0. The van der Waals surface area contributed by atoms with Gasteiger partial charge in [-0.15, -0.1) is 0 Å². The maximum absolute atomic E-state index is 11.8. The van der Waals surface area contributed by atoms with E-state index in [2.05, 4.69) is 5.32 Å². The molecule has 0 radical (unpaired) electrons. The lowest BCUT2D eigenvalue weighted by Crippen LogP contribution is -2.06. The van der Waals surface area contributed by atoms with Gasteiger partial charge in [-0.1, -0.05) is 0 Å². The molecule has 3 rings (SSSR count). The highest BCUT2D eigenvalue weighted by molar-refractivity contribution is 5.85. The van der Waals surface area contributed by atoms with Crippen LogP contribution in [-0.4, -0.2) is 11.7 Å². The zero-order valence-electron chi connectivity index (χ0n) is 13.6. The third-order valence-corrected chi connectivity index (χ3v) is 3.87. The van der Waals surface area contributed by atoms with Gasteiger partial charge >= 0.3 is 5.63 Å². The Morgan fingerprint density at radius 2 is 1.92 bits per heavy atom. The molecule has 24 heavy (non-hydrogen) atoms. The van der Waals surface area contributed by atoms with E-state index in [4.69, 9.17) is 9.15 Å². The minimum Gasteiger partial charge on any atom is -0.508 e. The fraction of sp³-hybridized carbons (Fsp3) is 0.211. The number of hydrogen-bond donors (Lipinski definition) is 2. The van der Waals surface area contributed by atoms with Crippen molar-refractivity contribution in [3.63, 3.8) is 0 Å². The van der Waals surface area contributed by atoms with Crippen LogP contribution in [0, 0.1) is 6.92 Å². The van der Waals surface area contributed by atoms with Crippen molar-refractivity contribution in [2.75, 3.05) is 11.9 Å². The average Bonchev–Trinajstić information content (AvgIpc) is 2.58. The predicted octanol–water partition coefficient (Wildman–Crippen LogP) is 3.82. The van der Waals surface area contributed by atoms with Crippen LogP contribution in [-0.2, 0) is 6.54 Å². The van der Waals surface area contributed by atoms with Gasteiger partial charge in [0.25, 0.3) is 0 Å². The fourth-order valence-corrected chi connectivity index (χ4v) is 2.59. The van der Waals surface area contributed by atoms with Crippen LogP contribution in [0.2, 0.25) is 0 Å². The number of aromatic hydroxyl groups is 1. The smallest absolute Gasteiger partial charge is 0.336 e. The Bertz CT molecular complexity index is 913. The van der Waals surface area contributed by atoms with Crippen LogP contribution in [0.25, 0.3) is 11.0 Å². The van der Waals surface area contributed by atoms with Gasteiger partial charge in [0, 0.05) is 29.2 Å². The van der Waals surface area contributed by atoms with Crippen molar-refractivity contribution >= 4 is 16.7 Å². The topological polar surface area (TPSA) is 71.7 Å². The van der Waals surface area contributed by atoms with Crippen LogP contribution in [0.5, 0.6) is 11.5 Å². The monoisotopic (exact) mass is 325 g/mol. The van der Waals surface area contributed by atoms with Crippen LogP contribution in [0.15, 0.2) is 51.7 Å². The second kappa shape index (κ2) is 6.66. The van der Waals surface area contributed by atoms with E-state index >= 15 is 0 Å². The van der Waals surface area contributed by atoms with Crippen LogP contribution in [0.3, 0.4) is 0 Å². The van der Waals surface area contributed by atoms with E-state index in [0.29, 0.717) is 24.3 Å². The Morgan fingerprint density at radius 3 is 2.62 bits per heavy atom. The molecule has 1 heterocycles. The zero-order valence-corrected chi connectivity index (χ0v) is 13.6. The van der Waals surface area contributed by atoms with Crippen molar-refractivity contribution in [1.82, 2.24) is 0 Å². The van der Waals surface area contributed by atoms with Gasteiger partial charge in [0.05, 0.1) is 6.61 Å². The largest absolute Gasteiger partial charge is 0.508 e. The molecule has 2 N–H and O–H groups in total. The second-order valence-electron chi connectivity index (χ2n) is 5.49. The molecule has 1 aromatic heterocycles. The number of aryl methyl sites for hydroxylation is 1. The first-order chi connectivity index (χ1) is 11.6. The van der Waals surface area contributed by atoms with Gasteiger partial charge in [0.15, 0.2) is 0 Å². The molecule has 3 aromatic rings. The molecule has 5 heteroatoms. The third-order valence-electron chi connectivity index (χ3n) is 3.87. The Kier molecular flexibility index (Phi) is 4.42. The van der Waals surface area contributed by atoms with Crippen molar-refractivity contribution < 1.29 is 14.3 Å². The summed E-state index contributed by atoms with van der Waals surface area (Å²) in [5, 5.41) is 13.9. The second-order valence-corrected chi connectivity index (χ2v) is 5.49. The number of fused-ring (bicyclic) bond motifs is 1. The third kappa shape index (κ3) is 3.20. The highest BCUT2D eigenvalue weighted by atomic mass is 16.5. The Morgan fingerprint density at radius 1 is 1.17 bits per heavy atom. The van der Waals surface area contributed by atoms with Gasteiger partial charge < -0.3 is 19.6 Å².